The van der Waals surface area contributed by atoms with Crippen LogP contribution in [0.3, 0.4) is 0 Å². The molecule has 0 radical (unpaired) electrons. The predicted molar refractivity (Wildman–Crippen MR) is 57.0 cm³/mol. The summed E-state index contributed by atoms with van der Waals surface area (Å²) in [5.41, 5.74) is -0.155. The zero-order valence-electron chi connectivity index (χ0n) is 8.58. The third-order valence-corrected chi connectivity index (χ3v) is 2.50. The van der Waals surface area contributed by atoms with E-state index >= 15 is 0 Å². The van der Waals surface area contributed by atoms with E-state index in [0.29, 0.717) is 0 Å². The van der Waals surface area contributed by atoms with E-state index in [-0.39, 0.29) is 22.6 Å². The van der Waals surface area contributed by atoms with Crippen molar-refractivity contribution in [2.75, 3.05) is 0 Å². The minimum absolute atomic E-state index is 0.0125. The zero-order chi connectivity index (χ0) is 13.0. The standard InChI is InChI=1S/C11H8ClF2NO2/c12-4-7-1-6(5-15)2-9(11(13)14)8(7)3-10(16)17/h1-2,11H,3-4H2,(H,16,17). The second-order valence-corrected chi connectivity index (χ2v) is 3.59. The van der Waals surface area contributed by atoms with Crippen LogP contribution >= 0.6 is 11.6 Å². The van der Waals surface area contributed by atoms with Gasteiger partial charge in [-0.05, 0) is 23.3 Å². The number of carboxylic acid groups (broad SMARTS) is 1. The highest BCUT2D eigenvalue weighted by molar-refractivity contribution is 6.17. The molecule has 0 amide bonds. The normalized spacial score (nSPS) is 10.3. The van der Waals surface area contributed by atoms with Crippen molar-refractivity contribution >= 4 is 17.6 Å². The summed E-state index contributed by atoms with van der Waals surface area (Å²) in [5.74, 6) is -1.33. The van der Waals surface area contributed by atoms with Crippen molar-refractivity contribution in [2.45, 2.75) is 18.7 Å². The van der Waals surface area contributed by atoms with E-state index in [4.69, 9.17) is 22.0 Å². The third kappa shape index (κ3) is 3.14. The molecule has 17 heavy (non-hydrogen) atoms. The molecule has 1 rings (SSSR count). The number of nitrogens with zero attached hydrogens (tertiary/aromatic N) is 1. The zero-order valence-corrected chi connectivity index (χ0v) is 9.34. The number of benzene rings is 1. The quantitative estimate of drug-likeness (QED) is 0.846. The van der Waals surface area contributed by atoms with Crippen LogP contribution in [0.4, 0.5) is 8.78 Å². The first-order chi connectivity index (χ1) is 7.99. The Bertz CT molecular complexity index is 483. The van der Waals surface area contributed by atoms with E-state index in [2.05, 4.69) is 0 Å². The number of hydrogen-bond acceptors (Lipinski definition) is 2. The Balaban J connectivity index is 3.41. The lowest BCUT2D eigenvalue weighted by atomic mass is 9.96. The van der Waals surface area contributed by atoms with Crippen LogP contribution in [0.1, 0.15) is 28.7 Å². The molecule has 90 valence electrons. The van der Waals surface area contributed by atoms with Crippen molar-refractivity contribution in [1.29, 1.82) is 5.26 Å². The lowest BCUT2D eigenvalue weighted by Crippen LogP contribution is -2.08. The average molecular weight is 260 g/mol. The summed E-state index contributed by atoms with van der Waals surface area (Å²) in [6, 6.07) is 4.07. The number of carboxylic acids is 1. The first-order valence-electron chi connectivity index (χ1n) is 4.61. The van der Waals surface area contributed by atoms with Crippen molar-refractivity contribution in [3.8, 4) is 6.07 Å². The van der Waals surface area contributed by atoms with Gasteiger partial charge in [-0.25, -0.2) is 8.78 Å². The van der Waals surface area contributed by atoms with Gasteiger partial charge >= 0.3 is 5.97 Å². The Hall–Kier alpha value is -1.67. The molecule has 6 heteroatoms. The van der Waals surface area contributed by atoms with Gasteiger partial charge in [0.1, 0.15) is 0 Å². The molecular weight excluding hydrogens is 252 g/mol. The summed E-state index contributed by atoms with van der Waals surface area (Å²) < 4.78 is 25.5. The molecule has 0 spiro atoms. The Kier molecular flexibility index (Phi) is 4.41. The third-order valence-electron chi connectivity index (χ3n) is 2.21. The van der Waals surface area contributed by atoms with Crippen LogP contribution in [-0.4, -0.2) is 11.1 Å². The van der Waals surface area contributed by atoms with E-state index in [1.54, 1.807) is 6.07 Å². The SMILES string of the molecule is N#Cc1cc(CCl)c(CC(=O)O)c(C(F)F)c1. The summed E-state index contributed by atoms with van der Waals surface area (Å²) in [7, 11) is 0. The predicted octanol–water partition coefficient (Wildman–Crippen LogP) is 2.86. The van der Waals surface area contributed by atoms with Gasteiger partial charge in [-0.1, -0.05) is 0 Å². The van der Waals surface area contributed by atoms with Gasteiger partial charge in [0.2, 0.25) is 0 Å². The summed E-state index contributed by atoms with van der Waals surface area (Å²) in [6.45, 7) is 0. The molecule has 0 aliphatic carbocycles. The number of halogens is 3. The summed E-state index contributed by atoms with van der Waals surface area (Å²) in [5, 5.41) is 17.3. The lowest BCUT2D eigenvalue weighted by molar-refractivity contribution is -0.136. The fraction of sp³-hybridized carbons (Fsp3) is 0.273. The molecular formula is C11H8ClF2NO2. The molecule has 0 saturated heterocycles. The molecule has 1 N–H and O–H groups in total. The average Bonchev–Trinajstić information content (AvgIpc) is 2.28. The van der Waals surface area contributed by atoms with Crippen LogP contribution in [0, 0.1) is 11.3 Å². The van der Waals surface area contributed by atoms with Crippen LogP contribution in [0.25, 0.3) is 0 Å². The molecule has 0 unspecified atom stereocenters. The van der Waals surface area contributed by atoms with Crippen molar-refractivity contribution in [2.24, 2.45) is 0 Å². The summed E-state index contributed by atoms with van der Waals surface area (Å²) in [6.07, 6.45) is -3.37. The molecule has 0 aliphatic heterocycles. The van der Waals surface area contributed by atoms with Gasteiger partial charge in [0.05, 0.1) is 18.1 Å². The van der Waals surface area contributed by atoms with E-state index in [1.807, 2.05) is 0 Å². The second-order valence-electron chi connectivity index (χ2n) is 3.32. The number of aliphatic carboxylic acids is 1. The van der Waals surface area contributed by atoms with Gasteiger partial charge in [-0.3, -0.25) is 4.79 Å². The molecule has 0 bridgehead atoms. The first-order valence-corrected chi connectivity index (χ1v) is 5.14. The van der Waals surface area contributed by atoms with Crippen molar-refractivity contribution in [3.05, 3.63) is 34.4 Å². The van der Waals surface area contributed by atoms with Crippen LogP contribution in [0.15, 0.2) is 12.1 Å². The topological polar surface area (TPSA) is 61.1 Å². The summed E-state index contributed by atoms with van der Waals surface area (Å²) >= 11 is 5.57. The van der Waals surface area contributed by atoms with Crippen LogP contribution in [-0.2, 0) is 17.1 Å². The first kappa shape index (κ1) is 13.4. The Labute approximate surface area is 101 Å². The molecule has 0 heterocycles. The molecule has 0 aromatic heterocycles. The fourth-order valence-electron chi connectivity index (χ4n) is 1.50. The van der Waals surface area contributed by atoms with Crippen LogP contribution in [0.5, 0.6) is 0 Å². The smallest absolute Gasteiger partial charge is 0.307 e. The van der Waals surface area contributed by atoms with E-state index in [0.717, 1.165) is 6.07 Å². The van der Waals surface area contributed by atoms with Crippen molar-refractivity contribution in [1.82, 2.24) is 0 Å². The maximum atomic E-state index is 12.8. The largest absolute Gasteiger partial charge is 0.481 e. The maximum Gasteiger partial charge on any atom is 0.307 e. The number of nitriles is 1. The molecule has 0 saturated carbocycles. The second kappa shape index (κ2) is 5.60. The molecule has 1 aromatic rings. The Morgan fingerprint density at radius 2 is 2.18 bits per heavy atom. The van der Waals surface area contributed by atoms with Gasteiger partial charge in [0, 0.05) is 11.4 Å². The fourth-order valence-corrected chi connectivity index (χ4v) is 1.74. The number of hydrogen-bond donors (Lipinski definition) is 1. The molecule has 1 aromatic carbocycles. The van der Waals surface area contributed by atoms with E-state index in [1.165, 1.54) is 6.07 Å². The lowest BCUT2D eigenvalue weighted by Gasteiger charge is -2.12. The van der Waals surface area contributed by atoms with Crippen molar-refractivity contribution in [3.63, 3.8) is 0 Å². The van der Waals surface area contributed by atoms with Gasteiger partial charge in [-0.2, -0.15) is 5.26 Å². The van der Waals surface area contributed by atoms with Crippen LogP contribution in [0.2, 0.25) is 0 Å². The summed E-state index contributed by atoms with van der Waals surface area (Å²) in [4.78, 5) is 10.6. The Morgan fingerprint density at radius 3 is 2.59 bits per heavy atom. The molecule has 0 aliphatic rings. The number of rotatable bonds is 4. The van der Waals surface area contributed by atoms with E-state index < -0.39 is 24.4 Å². The monoisotopic (exact) mass is 259 g/mol. The van der Waals surface area contributed by atoms with E-state index in [9.17, 15) is 13.6 Å². The molecule has 0 atom stereocenters. The highest BCUT2D eigenvalue weighted by Crippen LogP contribution is 2.28. The number of carbonyl (C=O) groups is 1. The molecule has 0 fully saturated rings. The highest BCUT2D eigenvalue weighted by Gasteiger charge is 2.19. The minimum Gasteiger partial charge on any atom is -0.481 e. The van der Waals surface area contributed by atoms with Gasteiger partial charge in [0.15, 0.2) is 0 Å². The van der Waals surface area contributed by atoms with Crippen LogP contribution < -0.4 is 0 Å². The van der Waals surface area contributed by atoms with Gasteiger partial charge in [0.25, 0.3) is 6.43 Å². The number of alkyl halides is 3. The minimum atomic E-state index is -2.83. The maximum absolute atomic E-state index is 12.8. The Morgan fingerprint density at radius 1 is 1.53 bits per heavy atom. The van der Waals surface area contributed by atoms with Gasteiger partial charge in [-0.15, -0.1) is 11.6 Å². The highest BCUT2D eigenvalue weighted by atomic mass is 35.5. The van der Waals surface area contributed by atoms with Gasteiger partial charge < -0.3 is 5.11 Å². The molecule has 3 nitrogen and oxygen atoms in total. The van der Waals surface area contributed by atoms with Crippen molar-refractivity contribution < 1.29 is 18.7 Å².